The number of hydrogen-bond donors (Lipinski definition) is 1. The van der Waals surface area contributed by atoms with Crippen LogP contribution >= 0.6 is 0 Å². The van der Waals surface area contributed by atoms with Crippen LogP contribution in [0.1, 0.15) is 27.1 Å². The van der Waals surface area contributed by atoms with Gasteiger partial charge in [0.1, 0.15) is 0 Å². The number of ether oxygens (including phenoxy) is 1. The van der Waals surface area contributed by atoms with E-state index in [0.29, 0.717) is 19.8 Å². The number of nitro benzene ring substituents is 1. The molecule has 1 aromatic rings. The first kappa shape index (κ1) is 15.9. The molecule has 1 aliphatic rings. The van der Waals surface area contributed by atoms with Gasteiger partial charge in [-0.25, -0.2) is 4.79 Å². The van der Waals surface area contributed by atoms with Crippen molar-refractivity contribution in [3.63, 3.8) is 0 Å². The number of carboxylic acid groups (broad SMARTS) is 1. The number of non-ortho nitro benzene ring substituents is 1. The van der Waals surface area contributed by atoms with E-state index in [2.05, 4.69) is 0 Å². The smallest absolute Gasteiger partial charge is 0.335 e. The molecule has 1 aromatic carbocycles. The fourth-order valence-corrected chi connectivity index (χ4v) is 2.38. The van der Waals surface area contributed by atoms with Gasteiger partial charge >= 0.3 is 5.97 Å². The Balaban J connectivity index is 2.23. The maximum absolute atomic E-state index is 12.4. The Labute approximate surface area is 126 Å². The predicted molar refractivity (Wildman–Crippen MR) is 75.9 cm³/mol. The lowest BCUT2D eigenvalue weighted by molar-refractivity contribution is -0.384. The highest BCUT2D eigenvalue weighted by Gasteiger charge is 2.23. The van der Waals surface area contributed by atoms with Gasteiger partial charge in [-0.15, -0.1) is 0 Å². The standard InChI is InChI=1S/C14H16N2O6/c1-15(7-9-2-3-22-8-9)13(17)10-4-11(14(18)19)6-12(5-10)16(20)21/h4-6,9H,2-3,7-8H2,1H3,(H,18,19). The quantitative estimate of drug-likeness (QED) is 0.650. The fraction of sp³-hybridized carbons (Fsp3) is 0.429. The van der Waals surface area contributed by atoms with Crippen LogP contribution in [-0.2, 0) is 4.74 Å². The van der Waals surface area contributed by atoms with Crippen molar-refractivity contribution >= 4 is 17.6 Å². The van der Waals surface area contributed by atoms with Crippen LogP contribution in [-0.4, -0.2) is 53.6 Å². The predicted octanol–water partition coefficient (Wildman–Crippen LogP) is 1.40. The molecule has 8 heteroatoms. The number of carbonyl (C=O) groups excluding carboxylic acids is 1. The van der Waals surface area contributed by atoms with E-state index in [4.69, 9.17) is 9.84 Å². The third-order valence-corrected chi connectivity index (χ3v) is 3.53. The van der Waals surface area contributed by atoms with Crippen LogP contribution in [0.5, 0.6) is 0 Å². The molecule has 1 N–H and O–H groups in total. The van der Waals surface area contributed by atoms with Crippen molar-refractivity contribution in [1.29, 1.82) is 0 Å². The van der Waals surface area contributed by atoms with Crippen molar-refractivity contribution in [2.75, 3.05) is 26.8 Å². The summed E-state index contributed by atoms with van der Waals surface area (Å²) in [4.78, 5) is 35.0. The zero-order valence-electron chi connectivity index (χ0n) is 12.0. The lowest BCUT2D eigenvalue weighted by Gasteiger charge is -2.20. The summed E-state index contributed by atoms with van der Waals surface area (Å²) in [6, 6.07) is 3.18. The van der Waals surface area contributed by atoms with Gasteiger partial charge in [0.25, 0.3) is 11.6 Å². The van der Waals surface area contributed by atoms with Crippen LogP contribution < -0.4 is 0 Å². The topological polar surface area (TPSA) is 110 Å². The number of nitro groups is 1. The minimum Gasteiger partial charge on any atom is -0.478 e. The molecule has 1 aliphatic heterocycles. The Morgan fingerprint density at radius 2 is 2.09 bits per heavy atom. The molecule has 22 heavy (non-hydrogen) atoms. The second-order valence-corrected chi connectivity index (χ2v) is 5.25. The van der Waals surface area contributed by atoms with Crippen LogP contribution in [0.4, 0.5) is 5.69 Å². The van der Waals surface area contributed by atoms with E-state index < -0.39 is 22.5 Å². The monoisotopic (exact) mass is 308 g/mol. The summed E-state index contributed by atoms with van der Waals surface area (Å²) in [5.74, 6) is -1.53. The van der Waals surface area contributed by atoms with Crippen LogP contribution in [0, 0.1) is 16.0 Å². The maximum atomic E-state index is 12.4. The molecule has 0 bridgehead atoms. The van der Waals surface area contributed by atoms with Crippen LogP contribution in [0.25, 0.3) is 0 Å². The molecule has 1 amide bonds. The minimum absolute atomic E-state index is 0.00647. The average Bonchev–Trinajstić information content (AvgIpc) is 2.98. The van der Waals surface area contributed by atoms with Gasteiger partial charge in [-0.05, 0) is 12.5 Å². The van der Waals surface area contributed by atoms with Gasteiger partial charge in [-0.2, -0.15) is 0 Å². The SMILES string of the molecule is CN(CC1CCOC1)C(=O)c1cc(C(=O)O)cc([N+](=O)[O-])c1. The number of rotatable bonds is 5. The van der Waals surface area contributed by atoms with E-state index in [1.54, 1.807) is 7.05 Å². The van der Waals surface area contributed by atoms with Crippen molar-refractivity contribution in [2.45, 2.75) is 6.42 Å². The van der Waals surface area contributed by atoms with Crippen molar-refractivity contribution in [3.05, 3.63) is 39.4 Å². The maximum Gasteiger partial charge on any atom is 0.335 e. The number of benzene rings is 1. The van der Waals surface area contributed by atoms with Crippen LogP contribution in [0.3, 0.4) is 0 Å². The van der Waals surface area contributed by atoms with Gasteiger partial charge < -0.3 is 14.7 Å². The van der Waals surface area contributed by atoms with Crippen LogP contribution in [0.2, 0.25) is 0 Å². The highest BCUT2D eigenvalue weighted by atomic mass is 16.6. The Morgan fingerprint density at radius 3 is 2.64 bits per heavy atom. The van der Waals surface area contributed by atoms with Crippen molar-refractivity contribution in [2.24, 2.45) is 5.92 Å². The minimum atomic E-state index is -1.32. The van der Waals surface area contributed by atoms with Gasteiger partial charge in [-0.1, -0.05) is 0 Å². The van der Waals surface area contributed by atoms with Gasteiger partial charge in [0, 0.05) is 43.8 Å². The normalized spacial score (nSPS) is 17.2. The zero-order chi connectivity index (χ0) is 16.3. The molecule has 0 aliphatic carbocycles. The second-order valence-electron chi connectivity index (χ2n) is 5.25. The lowest BCUT2D eigenvalue weighted by Crippen LogP contribution is -2.32. The molecule has 1 atom stereocenters. The Kier molecular flexibility index (Phi) is 4.71. The Hall–Kier alpha value is -2.48. The van der Waals surface area contributed by atoms with E-state index in [1.807, 2.05) is 0 Å². The summed E-state index contributed by atoms with van der Waals surface area (Å²) in [6.07, 6.45) is 0.854. The van der Waals surface area contributed by atoms with E-state index in [-0.39, 0.29) is 17.0 Å². The number of aromatic carboxylic acids is 1. The summed E-state index contributed by atoms with van der Waals surface area (Å²) in [6.45, 7) is 1.70. The van der Waals surface area contributed by atoms with Crippen molar-refractivity contribution < 1.29 is 24.4 Å². The summed E-state index contributed by atoms with van der Waals surface area (Å²) < 4.78 is 5.24. The second kappa shape index (κ2) is 6.52. The summed E-state index contributed by atoms with van der Waals surface area (Å²) in [5, 5.41) is 19.9. The fourth-order valence-electron chi connectivity index (χ4n) is 2.38. The third kappa shape index (κ3) is 3.59. The molecule has 1 fully saturated rings. The van der Waals surface area contributed by atoms with E-state index in [9.17, 15) is 19.7 Å². The number of carboxylic acids is 1. The molecule has 0 saturated carbocycles. The number of carbonyl (C=O) groups is 2. The molecule has 1 unspecified atom stereocenters. The molecule has 0 radical (unpaired) electrons. The van der Waals surface area contributed by atoms with Crippen LogP contribution in [0.15, 0.2) is 18.2 Å². The van der Waals surface area contributed by atoms with Crippen molar-refractivity contribution in [1.82, 2.24) is 4.90 Å². The highest BCUT2D eigenvalue weighted by Crippen LogP contribution is 2.20. The number of amides is 1. The largest absolute Gasteiger partial charge is 0.478 e. The van der Waals surface area contributed by atoms with E-state index in [0.717, 1.165) is 24.6 Å². The molecule has 1 heterocycles. The third-order valence-electron chi connectivity index (χ3n) is 3.53. The molecule has 0 aromatic heterocycles. The first-order valence-electron chi connectivity index (χ1n) is 6.74. The summed E-state index contributed by atoms with van der Waals surface area (Å²) >= 11 is 0. The van der Waals surface area contributed by atoms with Gasteiger partial charge in [0.2, 0.25) is 0 Å². The highest BCUT2D eigenvalue weighted by molar-refractivity contribution is 5.98. The van der Waals surface area contributed by atoms with Gasteiger partial charge in [0.05, 0.1) is 17.1 Å². The summed E-state index contributed by atoms with van der Waals surface area (Å²) in [7, 11) is 1.58. The van der Waals surface area contributed by atoms with Gasteiger partial charge in [-0.3, -0.25) is 14.9 Å². The van der Waals surface area contributed by atoms with Crippen molar-refractivity contribution in [3.8, 4) is 0 Å². The zero-order valence-corrected chi connectivity index (χ0v) is 12.0. The molecule has 118 valence electrons. The molecule has 0 spiro atoms. The number of nitrogens with zero attached hydrogens (tertiary/aromatic N) is 2. The lowest BCUT2D eigenvalue weighted by atomic mass is 10.1. The average molecular weight is 308 g/mol. The molecule has 8 nitrogen and oxygen atoms in total. The molecular weight excluding hydrogens is 292 g/mol. The first-order valence-corrected chi connectivity index (χ1v) is 6.74. The summed E-state index contributed by atoms with van der Waals surface area (Å²) in [5.41, 5.74) is -0.705. The Bertz CT molecular complexity index is 577. The molecular formula is C14H16N2O6. The Morgan fingerprint density at radius 1 is 1.41 bits per heavy atom. The van der Waals surface area contributed by atoms with E-state index >= 15 is 0 Å². The number of hydrogen-bond acceptors (Lipinski definition) is 5. The van der Waals surface area contributed by atoms with E-state index in [1.165, 1.54) is 4.90 Å². The molecule has 2 rings (SSSR count). The van der Waals surface area contributed by atoms with Gasteiger partial charge in [0.15, 0.2) is 0 Å². The molecule has 1 saturated heterocycles. The first-order chi connectivity index (χ1) is 10.4.